The van der Waals surface area contributed by atoms with Crippen LogP contribution >= 0.6 is 0 Å². The van der Waals surface area contributed by atoms with E-state index in [1.165, 1.54) is 10.6 Å². The molecule has 0 spiro atoms. The zero-order valence-corrected chi connectivity index (χ0v) is 12.4. The fourth-order valence-corrected chi connectivity index (χ4v) is 2.73. The highest BCUT2D eigenvalue weighted by Gasteiger charge is 2.43. The first-order valence-electron chi connectivity index (χ1n) is 7.12. The lowest BCUT2D eigenvalue weighted by atomic mass is 9.83. The molecule has 0 bridgehead atoms. The lowest BCUT2D eigenvalue weighted by Crippen LogP contribution is -2.56. The monoisotopic (exact) mass is 302 g/mol. The van der Waals surface area contributed by atoms with Crippen LogP contribution in [-0.4, -0.2) is 37.5 Å². The fourth-order valence-electron chi connectivity index (χ4n) is 2.73. The number of rotatable bonds is 3. The number of carbonyl (C=O) groups excluding carboxylic acids is 1. The normalized spacial score (nSPS) is 23.9. The molecular weight excluding hydrogens is 284 g/mol. The van der Waals surface area contributed by atoms with Crippen LogP contribution in [0.2, 0.25) is 0 Å². The van der Waals surface area contributed by atoms with E-state index in [2.05, 4.69) is 10.4 Å². The Kier molecular flexibility index (Phi) is 3.58. The Morgan fingerprint density at radius 1 is 1.50 bits per heavy atom. The summed E-state index contributed by atoms with van der Waals surface area (Å²) in [5.74, 6) is -0.424. The molecule has 1 aliphatic carbocycles. The van der Waals surface area contributed by atoms with Crippen LogP contribution in [0.1, 0.15) is 28.4 Å². The van der Waals surface area contributed by atoms with Gasteiger partial charge in [-0.05, 0) is 31.0 Å². The minimum atomic E-state index is -0.553. The van der Waals surface area contributed by atoms with E-state index in [-0.39, 0.29) is 23.2 Å². The van der Waals surface area contributed by atoms with Gasteiger partial charge in [0.2, 0.25) is 0 Å². The van der Waals surface area contributed by atoms with Crippen LogP contribution in [0.4, 0.5) is 0 Å². The second kappa shape index (κ2) is 5.42. The van der Waals surface area contributed by atoms with Crippen LogP contribution in [0, 0.1) is 6.92 Å². The van der Waals surface area contributed by atoms with Gasteiger partial charge >= 0.3 is 0 Å². The molecule has 2 N–H and O–H groups in total. The Hall–Kier alpha value is -2.41. The molecule has 7 nitrogen and oxygen atoms in total. The van der Waals surface area contributed by atoms with E-state index >= 15 is 0 Å². The molecule has 1 saturated carbocycles. The highest BCUT2D eigenvalue weighted by molar-refractivity contribution is 5.94. The molecule has 3 atom stereocenters. The molecule has 3 rings (SSSR count). The van der Waals surface area contributed by atoms with Crippen molar-refractivity contribution >= 4 is 5.91 Å². The van der Waals surface area contributed by atoms with Crippen LogP contribution in [0.25, 0.3) is 0 Å². The molecule has 0 saturated heterocycles. The molecule has 2 heterocycles. The summed E-state index contributed by atoms with van der Waals surface area (Å²) in [4.78, 5) is 24.2. The molecule has 1 fully saturated rings. The van der Waals surface area contributed by atoms with E-state index in [0.717, 1.165) is 5.56 Å². The molecule has 0 aromatic carbocycles. The van der Waals surface area contributed by atoms with Crippen LogP contribution in [0.5, 0.6) is 0 Å². The first-order valence-corrected chi connectivity index (χ1v) is 7.12. The van der Waals surface area contributed by atoms with E-state index in [4.69, 9.17) is 0 Å². The molecule has 22 heavy (non-hydrogen) atoms. The largest absolute Gasteiger partial charge is 0.391 e. The van der Waals surface area contributed by atoms with Gasteiger partial charge in [0.25, 0.3) is 11.5 Å². The zero-order valence-electron chi connectivity index (χ0n) is 12.4. The Morgan fingerprint density at radius 2 is 2.27 bits per heavy atom. The summed E-state index contributed by atoms with van der Waals surface area (Å²) < 4.78 is 3.02. The number of carbonyl (C=O) groups is 1. The summed E-state index contributed by atoms with van der Waals surface area (Å²) >= 11 is 0. The highest BCUT2D eigenvalue weighted by Crippen LogP contribution is 2.32. The minimum absolute atomic E-state index is 0.0989. The molecule has 116 valence electrons. The van der Waals surface area contributed by atoms with Gasteiger partial charge in [0.15, 0.2) is 0 Å². The average Bonchev–Trinajstić information content (AvgIpc) is 2.86. The molecule has 1 amide bonds. The van der Waals surface area contributed by atoms with Gasteiger partial charge in [-0.2, -0.15) is 5.10 Å². The number of aryl methyl sites for hydroxylation is 2. The number of aromatic nitrogens is 3. The van der Waals surface area contributed by atoms with Gasteiger partial charge in [0.05, 0.1) is 24.4 Å². The van der Waals surface area contributed by atoms with Crippen molar-refractivity contribution in [1.29, 1.82) is 0 Å². The number of hydrogen-bond donors (Lipinski definition) is 2. The summed E-state index contributed by atoms with van der Waals surface area (Å²) in [5, 5.41) is 17.0. The van der Waals surface area contributed by atoms with Crippen molar-refractivity contribution in [1.82, 2.24) is 19.7 Å². The number of aliphatic hydroxyl groups is 1. The van der Waals surface area contributed by atoms with Gasteiger partial charge in [-0.3, -0.25) is 14.3 Å². The average molecular weight is 302 g/mol. The van der Waals surface area contributed by atoms with E-state index < -0.39 is 12.0 Å². The third-order valence-electron chi connectivity index (χ3n) is 4.02. The van der Waals surface area contributed by atoms with E-state index in [0.29, 0.717) is 6.42 Å². The minimum Gasteiger partial charge on any atom is -0.391 e. The maximum Gasteiger partial charge on any atom is 0.263 e. The second-order valence-electron chi connectivity index (χ2n) is 5.71. The van der Waals surface area contributed by atoms with Gasteiger partial charge < -0.3 is 15.0 Å². The Bertz CT molecular complexity index is 764. The first-order chi connectivity index (χ1) is 10.5. The van der Waals surface area contributed by atoms with E-state index in [1.807, 2.05) is 13.1 Å². The Morgan fingerprint density at radius 3 is 2.91 bits per heavy atom. The van der Waals surface area contributed by atoms with Gasteiger partial charge in [-0.15, -0.1) is 0 Å². The lowest BCUT2D eigenvalue weighted by molar-refractivity contribution is -0.00592. The summed E-state index contributed by atoms with van der Waals surface area (Å²) in [6.45, 7) is 1.91. The summed E-state index contributed by atoms with van der Waals surface area (Å²) in [7, 11) is 1.60. The number of hydrogen-bond acceptors (Lipinski definition) is 4. The molecule has 0 radical (unpaired) electrons. The zero-order chi connectivity index (χ0) is 15.9. The van der Waals surface area contributed by atoms with E-state index in [1.54, 1.807) is 30.2 Å². The number of nitrogens with zero attached hydrogens (tertiary/aromatic N) is 3. The lowest BCUT2D eigenvalue weighted by Gasteiger charge is -2.41. The van der Waals surface area contributed by atoms with E-state index in [9.17, 15) is 14.7 Å². The van der Waals surface area contributed by atoms with Crippen LogP contribution in [-0.2, 0) is 7.05 Å². The van der Waals surface area contributed by atoms with Crippen LogP contribution < -0.4 is 10.9 Å². The van der Waals surface area contributed by atoms with Gasteiger partial charge in [-0.25, -0.2) is 0 Å². The Labute approximate surface area is 127 Å². The molecule has 2 aromatic heterocycles. The summed E-state index contributed by atoms with van der Waals surface area (Å²) in [6.07, 6.45) is 5.03. The van der Waals surface area contributed by atoms with Crippen molar-refractivity contribution < 1.29 is 9.90 Å². The topological polar surface area (TPSA) is 89.2 Å². The van der Waals surface area contributed by atoms with Crippen molar-refractivity contribution in [2.24, 2.45) is 7.05 Å². The SMILES string of the molecule is Cc1cnn([C@H]2[C@H](O)C[C@@H]2NC(=O)c2cccn(C)c2=O)c1. The van der Waals surface area contributed by atoms with Crippen molar-refractivity contribution in [3.63, 3.8) is 0 Å². The van der Waals surface area contributed by atoms with Gasteiger partial charge in [0.1, 0.15) is 5.56 Å². The molecule has 0 unspecified atom stereocenters. The number of pyridine rings is 1. The third-order valence-corrected chi connectivity index (χ3v) is 4.02. The quantitative estimate of drug-likeness (QED) is 0.835. The van der Waals surface area contributed by atoms with Crippen LogP contribution in [0.3, 0.4) is 0 Å². The maximum atomic E-state index is 12.3. The number of nitrogens with one attached hydrogen (secondary N) is 1. The molecular formula is C15H18N4O3. The summed E-state index contributed by atoms with van der Waals surface area (Å²) in [5.41, 5.74) is 0.745. The number of aliphatic hydroxyl groups excluding tert-OH is 1. The first kappa shape index (κ1) is 14.5. The smallest absolute Gasteiger partial charge is 0.263 e. The van der Waals surface area contributed by atoms with Crippen molar-refractivity contribution in [2.75, 3.05) is 0 Å². The maximum absolute atomic E-state index is 12.3. The van der Waals surface area contributed by atoms with Crippen molar-refractivity contribution in [2.45, 2.75) is 31.5 Å². The van der Waals surface area contributed by atoms with Crippen molar-refractivity contribution in [3.8, 4) is 0 Å². The predicted octanol–water partition coefficient (Wildman–Crippen LogP) is -0.00548. The van der Waals surface area contributed by atoms with Crippen molar-refractivity contribution in [3.05, 3.63) is 52.2 Å². The molecule has 1 aliphatic rings. The van der Waals surface area contributed by atoms with Gasteiger partial charge in [-0.1, -0.05) is 0 Å². The number of amides is 1. The highest BCUT2D eigenvalue weighted by atomic mass is 16.3. The third kappa shape index (κ3) is 2.43. The molecule has 0 aliphatic heterocycles. The molecule has 2 aromatic rings. The molecule has 7 heteroatoms. The Balaban J connectivity index is 1.77. The second-order valence-corrected chi connectivity index (χ2v) is 5.71. The van der Waals surface area contributed by atoms with Crippen LogP contribution in [0.15, 0.2) is 35.5 Å². The van der Waals surface area contributed by atoms with Gasteiger partial charge in [0, 0.05) is 19.4 Å². The predicted molar refractivity (Wildman–Crippen MR) is 79.6 cm³/mol. The standard InChI is InChI=1S/C15H18N4O3/c1-9-7-16-19(8-9)13-11(6-12(13)20)17-14(21)10-4-3-5-18(2)15(10)22/h3-5,7-8,11-13,20H,6H2,1-2H3,(H,17,21)/t11-,12+,13+/m0/s1. The summed E-state index contributed by atoms with van der Waals surface area (Å²) in [6, 6.07) is 2.61. The fraction of sp³-hybridized carbons (Fsp3) is 0.400.